The minimum Gasteiger partial charge on any atom is -0.377 e. The quantitative estimate of drug-likeness (QED) is 0.825. The van der Waals surface area contributed by atoms with Crippen LogP contribution in [0.3, 0.4) is 0 Å². The van der Waals surface area contributed by atoms with Crippen LogP contribution in [0.15, 0.2) is 22.7 Å². The number of ether oxygens (including phenoxy) is 1. The van der Waals surface area contributed by atoms with Gasteiger partial charge in [-0.25, -0.2) is 5.54 Å². The molecule has 2 nitrogen and oxygen atoms in total. The summed E-state index contributed by atoms with van der Waals surface area (Å²) in [6.45, 7) is 3.16. The summed E-state index contributed by atoms with van der Waals surface area (Å²) in [5, 5.41) is 0. The van der Waals surface area contributed by atoms with Gasteiger partial charge in [0.25, 0.3) is 0 Å². The molecule has 0 saturated heterocycles. The summed E-state index contributed by atoms with van der Waals surface area (Å²) in [7, 11) is 0. The Kier molecular flexibility index (Phi) is 4.18. The molecule has 0 radical (unpaired) electrons. The lowest BCUT2D eigenvalue weighted by molar-refractivity contribution is 0.133. The molecule has 4 heteroatoms. The molecular weight excluding hydrogens is 237 g/mol. The molecule has 1 N–H and O–H groups in total. The molecule has 0 bridgehead atoms. The standard InChI is InChI=1S/C9H11BrFNO/c1-2-13-6-7-3-4-8(12-11)5-9(7)10/h3-5,12H,2,6H2,1H3. The maximum Gasteiger partial charge on any atom is 0.0727 e. The molecule has 1 rings (SSSR count). The van der Waals surface area contributed by atoms with Gasteiger partial charge in [-0.05, 0) is 24.6 Å². The topological polar surface area (TPSA) is 21.3 Å². The predicted octanol–water partition coefficient (Wildman–Crippen LogP) is 3.28. The molecule has 0 saturated carbocycles. The Morgan fingerprint density at radius 2 is 2.31 bits per heavy atom. The fraction of sp³-hybridized carbons (Fsp3) is 0.333. The minimum absolute atomic E-state index is 0.437. The third-order valence-electron chi connectivity index (χ3n) is 1.62. The number of hydrogen-bond donors (Lipinski definition) is 1. The Bertz CT molecular complexity index is 280. The number of benzene rings is 1. The van der Waals surface area contributed by atoms with Crippen LogP contribution < -0.4 is 5.54 Å². The second-order valence-corrected chi connectivity index (χ2v) is 3.39. The molecule has 1 aromatic carbocycles. The fourth-order valence-corrected chi connectivity index (χ4v) is 1.43. The lowest BCUT2D eigenvalue weighted by atomic mass is 10.2. The maximum absolute atomic E-state index is 12.0. The van der Waals surface area contributed by atoms with Crippen molar-refractivity contribution in [2.75, 3.05) is 12.1 Å². The summed E-state index contributed by atoms with van der Waals surface area (Å²) >= 11 is 3.33. The highest BCUT2D eigenvalue weighted by atomic mass is 79.9. The molecule has 1 aromatic rings. The van der Waals surface area contributed by atoms with Crippen LogP contribution in [0.25, 0.3) is 0 Å². The van der Waals surface area contributed by atoms with Crippen LogP contribution in [0.1, 0.15) is 12.5 Å². The Morgan fingerprint density at radius 3 is 2.85 bits per heavy atom. The van der Waals surface area contributed by atoms with E-state index in [2.05, 4.69) is 15.9 Å². The zero-order valence-electron chi connectivity index (χ0n) is 7.31. The summed E-state index contributed by atoms with van der Waals surface area (Å²) in [5.41, 5.74) is 3.03. The van der Waals surface area contributed by atoms with Crippen molar-refractivity contribution in [3.63, 3.8) is 0 Å². The number of nitrogens with one attached hydrogen (secondary N) is 1. The van der Waals surface area contributed by atoms with Gasteiger partial charge in [0.15, 0.2) is 0 Å². The third-order valence-corrected chi connectivity index (χ3v) is 2.36. The van der Waals surface area contributed by atoms with Crippen molar-refractivity contribution < 1.29 is 9.22 Å². The number of anilines is 1. The van der Waals surface area contributed by atoms with Gasteiger partial charge in [0.1, 0.15) is 0 Å². The van der Waals surface area contributed by atoms with Gasteiger partial charge in [-0.1, -0.05) is 22.0 Å². The van der Waals surface area contributed by atoms with Crippen molar-refractivity contribution in [1.82, 2.24) is 0 Å². The van der Waals surface area contributed by atoms with Crippen LogP contribution in [0, 0.1) is 0 Å². The smallest absolute Gasteiger partial charge is 0.0727 e. The lowest BCUT2D eigenvalue weighted by Gasteiger charge is -2.05. The maximum atomic E-state index is 12.0. The molecule has 0 aliphatic heterocycles. The van der Waals surface area contributed by atoms with Crippen LogP contribution in [-0.2, 0) is 11.3 Å². The van der Waals surface area contributed by atoms with E-state index in [-0.39, 0.29) is 0 Å². The zero-order chi connectivity index (χ0) is 9.68. The molecule has 0 aliphatic rings. The highest BCUT2D eigenvalue weighted by molar-refractivity contribution is 9.10. The molecule has 0 unspecified atom stereocenters. The van der Waals surface area contributed by atoms with Gasteiger partial charge in [-0.2, -0.15) is 0 Å². The van der Waals surface area contributed by atoms with Gasteiger partial charge in [0, 0.05) is 11.1 Å². The Balaban J connectivity index is 2.73. The van der Waals surface area contributed by atoms with Crippen LogP contribution in [-0.4, -0.2) is 6.61 Å². The number of halogens is 2. The van der Waals surface area contributed by atoms with Gasteiger partial charge < -0.3 is 4.74 Å². The van der Waals surface area contributed by atoms with Crippen molar-refractivity contribution in [2.45, 2.75) is 13.5 Å². The highest BCUT2D eigenvalue weighted by Crippen LogP contribution is 2.22. The van der Waals surface area contributed by atoms with Gasteiger partial charge in [-0.3, -0.25) is 0 Å². The van der Waals surface area contributed by atoms with Crippen molar-refractivity contribution in [3.05, 3.63) is 28.2 Å². The summed E-state index contributed by atoms with van der Waals surface area (Å²) in [5.74, 6) is 0. The SMILES string of the molecule is CCOCc1ccc(NF)cc1Br. The molecule has 13 heavy (non-hydrogen) atoms. The first-order chi connectivity index (χ1) is 6.27. The molecule has 0 heterocycles. The van der Waals surface area contributed by atoms with E-state index in [1.807, 2.05) is 13.0 Å². The highest BCUT2D eigenvalue weighted by Gasteiger charge is 2.00. The normalized spacial score (nSPS) is 10.1. The van der Waals surface area contributed by atoms with Gasteiger partial charge in [0.2, 0.25) is 0 Å². The van der Waals surface area contributed by atoms with E-state index in [0.717, 1.165) is 10.0 Å². The molecule has 0 aromatic heterocycles. The first kappa shape index (κ1) is 10.5. The zero-order valence-corrected chi connectivity index (χ0v) is 8.90. The average Bonchev–Trinajstić information content (AvgIpc) is 2.16. The molecular formula is C9H11BrFNO. The number of hydrogen-bond acceptors (Lipinski definition) is 2. The number of rotatable bonds is 4. The summed E-state index contributed by atoms with van der Waals surface area (Å²) < 4.78 is 18.1. The van der Waals surface area contributed by atoms with E-state index in [1.165, 1.54) is 0 Å². The van der Waals surface area contributed by atoms with E-state index < -0.39 is 0 Å². The minimum atomic E-state index is 0.437. The van der Waals surface area contributed by atoms with Crippen molar-refractivity contribution in [1.29, 1.82) is 0 Å². The molecule has 0 spiro atoms. The monoisotopic (exact) mass is 247 g/mol. The Hall–Kier alpha value is -0.610. The molecule has 0 amide bonds. The predicted molar refractivity (Wildman–Crippen MR) is 54.2 cm³/mol. The van der Waals surface area contributed by atoms with E-state index in [1.54, 1.807) is 17.7 Å². The molecule has 0 atom stereocenters. The second kappa shape index (κ2) is 5.19. The third kappa shape index (κ3) is 2.97. The van der Waals surface area contributed by atoms with Crippen molar-refractivity contribution in [3.8, 4) is 0 Å². The summed E-state index contributed by atoms with van der Waals surface area (Å²) in [4.78, 5) is 0. The van der Waals surface area contributed by atoms with Crippen molar-refractivity contribution >= 4 is 21.6 Å². The second-order valence-electron chi connectivity index (χ2n) is 2.54. The first-order valence-corrected chi connectivity index (χ1v) is 4.80. The lowest BCUT2D eigenvalue weighted by Crippen LogP contribution is -1.93. The largest absolute Gasteiger partial charge is 0.377 e. The van der Waals surface area contributed by atoms with Crippen LogP contribution in [0.5, 0.6) is 0 Å². The van der Waals surface area contributed by atoms with E-state index >= 15 is 0 Å². The van der Waals surface area contributed by atoms with Gasteiger partial charge >= 0.3 is 0 Å². The van der Waals surface area contributed by atoms with Crippen molar-refractivity contribution in [2.24, 2.45) is 0 Å². The summed E-state index contributed by atoms with van der Waals surface area (Å²) in [6, 6.07) is 5.16. The van der Waals surface area contributed by atoms with Crippen LogP contribution in [0.4, 0.5) is 10.2 Å². The van der Waals surface area contributed by atoms with Gasteiger partial charge in [-0.15, -0.1) is 4.48 Å². The molecule has 0 fully saturated rings. The first-order valence-electron chi connectivity index (χ1n) is 4.00. The van der Waals surface area contributed by atoms with E-state index in [4.69, 9.17) is 4.74 Å². The molecule has 72 valence electrons. The van der Waals surface area contributed by atoms with Gasteiger partial charge in [0.05, 0.1) is 12.3 Å². The van der Waals surface area contributed by atoms with Crippen LogP contribution >= 0.6 is 15.9 Å². The Labute approximate surface area is 85.2 Å². The fourth-order valence-electron chi connectivity index (χ4n) is 0.935. The van der Waals surface area contributed by atoms with Crippen LogP contribution in [0.2, 0.25) is 0 Å². The van der Waals surface area contributed by atoms with E-state index in [9.17, 15) is 4.48 Å². The van der Waals surface area contributed by atoms with E-state index in [0.29, 0.717) is 18.9 Å². The molecule has 0 aliphatic carbocycles. The summed E-state index contributed by atoms with van der Waals surface area (Å²) in [6.07, 6.45) is 0. The Morgan fingerprint density at radius 1 is 1.54 bits per heavy atom. The average molecular weight is 248 g/mol.